The van der Waals surface area contributed by atoms with Crippen LogP contribution in [-0.2, 0) is 11.2 Å². The first-order chi connectivity index (χ1) is 11.0. The molecule has 0 aliphatic carbocycles. The summed E-state index contributed by atoms with van der Waals surface area (Å²) in [4.78, 5) is 12.3. The first-order valence-corrected chi connectivity index (χ1v) is 7.56. The Kier molecular flexibility index (Phi) is 4.57. The van der Waals surface area contributed by atoms with Crippen LogP contribution in [0.3, 0.4) is 0 Å². The van der Waals surface area contributed by atoms with E-state index in [1.54, 1.807) is 20.8 Å². The van der Waals surface area contributed by atoms with E-state index < -0.39 is 24.2 Å². The van der Waals surface area contributed by atoms with E-state index in [-0.39, 0.29) is 17.1 Å². The lowest BCUT2D eigenvalue weighted by Gasteiger charge is -2.18. The van der Waals surface area contributed by atoms with Crippen molar-refractivity contribution in [1.82, 2.24) is 5.32 Å². The Morgan fingerprint density at radius 2 is 1.92 bits per heavy atom. The highest BCUT2D eigenvalue weighted by Crippen LogP contribution is 2.36. The molecule has 4 nitrogen and oxygen atoms in total. The van der Waals surface area contributed by atoms with E-state index in [0.717, 1.165) is 0 Å². The third-order valence-electron chi connectivity index (χ3n) is 3.91. The Bertz CT molecular complexity index is 706. The summed E-state index contributed by atoms with van der Waals surface area (Å²) in [7, 11) is 0. The summed E-state index contributed by atoms with van der Waals surface area (Å²) in [6.07, 6.45) is -3.95. The first kappa shape index (κ1) is 18.2. The average molecular weight is 343 g/mol. The fourth-order valence-corrected chi connectivity index (χ4v) is 2.77. The van der Waals surface area contributed by atoms with Crippen LogP contribution in [-0.4, -0.2) is 29.3 Å². The fourth-order valence-electron chi connectivity index (χ4n) is 2.77. The quantitative estimate of drug-likeness (QED) is 0.877. The van der Waals surface area contributed by atoms with Crippen LogP contribution in [0.2, 0.25) is 0 Å². The molecule has 7 heteroatoms. The van der Waals surface area contributed by atoms with E-state index in [1.807, 2.05) is 6.92 Å². The number of hydrogen-bond acceptors (Lipinski definition) is 3. The maximum atomic E-state index is 12.3. The molecule has 1 aliphatic heterocycles. The van der Waals surface area contributed by atoms with Crippen molar-refractivity contribution < 1.29 is 27.8 Å². The fraction of sp³-hybridized carbons (Fsp3) is 0.471. The van der Waals surface area contributed by atoms with Gasteiger partial charge in [-0.2, -0.15) is 13.2 Å². The smallest absolute Gasteiger partial charge is 0.422 e. The summed E-state index contributed by atoms with van der Waals surface area (Å²) in [6, 6.07) is 2.92. The molecule has 1 amide bonds. The van der Waals surface area contributed by atoms with Crippen LogP contribution in [0, 0.1) is 6.92 Å². The number of carbonyl (C=O) groups excluding carboxylic acids is 1. The summed E-state index contributed by atoms with van der Waals surface area (Å²) in [5.41, 5.74) is 1.03. The third kappa shape index (κ3) is 3.49. The maximum absolute atomic E-state index is 12.3. The van der Waals surface area contributed by atoms with Crippen LogP contribution in [0.4, 0.5) is 13.2 Å². The second-order valence-corrected chi connectivity index (χ2v) is 6.33. The van der Waals surface area contributed by atoms with Gasteiger partial charge in [-0.1, -0.05) is 6.92 Å². The predicted octanol–water partition coefficient (Wildman–Crippen LogP) is 3.68. The largest absolute Gasteiger partial charge is 0.509 e. The minimum Gasteiger partial charge on any atom is -0.509 e. The van der Waals surface area contributed by atoms with Crippen LogP contribution < -0.4 is 10.1 Å². The Balaban J connectivity index is 2.49. The monoisotopic (exact) mass is 343 g/mol. The summed E-state index contributed by atoms with van der Waals surface area (Å²) >= 11 is 0. The lowest BCUT2D eigenvalue weighted by Crippen LogP contribution is -2.38. The minimum atomic E-state index is -4.42. The lowest BCUT2D eigenvalue weighted by molar-refractivity contribution is -0.153. The molecule has 0 spiro atoms. The Morgan fingerprint density at radius 3 is 2.38 bits per heavy atom. The SMILES string of the molecule is CCc1cc(OCC(F)(F)F)cc(C)c1C1=C(O)C(C)(C)NC1=O. The topological polar surface area (TPSA) is 58.6 Å². The van der Waals surface area contributed by atoms with Gasteiger partial charge >= 0.3 is 6.18 Å². The second kappa shape index (κ2) is 6.03. The highest BCUT2D eigenvalue weighted by Gasteiger charge is 2.39. The van der Waals surface area contributed by atoms with Gasteiger partial charge in [0.2, 0.25) is 0 Å². The van der Waals surface area contributed by atoms with Gasteiger partial charge in [-0.3, -0.25) is 4.79 Å². The Hall–Kier alpha value is -2.18. The van der Waals surface area contributed by atoms with Gasteiger partial charge in [-0.25, -0.2) is 0 Å². The number of nitrogens with one attached hydrogen (secondary N) is 1. The number of amides is 1. The van der Waals surface area contributed by atoms with Gasteiger partial charge in [0.15, 0.2) is 6.61 Å². The van der Waals surface area contributed by atoms with Crippen molar-refractivity contribution in [2.24, 2.45) is 0 Å². The van der Waals surface area contributed by atoms with Crippen LogP contribution in [0.1, 0.15) is 37.5 Å². The number of benzene rings is 1. The van der Waals surface area contributed by atoms with Crippen LogP contribution >= 0.6 is 0 Å². The summed E-state index contributed by atoms with van der Waals surface area (Å²) in [5.74, 6) is -0.392. The number of ether oxygens (including phenoxy) is 1. The maximum Gasteiger partial charge on any atom is 0.422 e. The van der Waals surface area contributed by atoms with Crippen molar-refractivity contribution in [2.75, 3.05) is 6.61 Å². The third-order valence-corrected chi connectivity index (χ3v) is 3.91. The van der Waals surface area contributed by atoms with Crippen LogP contribution in [0.15, 0.2) is 17.9 Å². The van der Waals surface area contributed by atoms with Crippen molar-refractivity contribution in [2.45, 2.75) is 45.8 Å². The number of hydrogen-bond donors (Lipinski definition) is 2. The first-order valence-electron chi connectivity index (χ1n) is 7.56. The van der Waals surface area contributed by atoms with Gasteiger partial charge in [0, 0.05) is 0 Å². The molecule has 1 aromatic rings. The zero-order chi connectivity index (χ0) is 18.3. The van der Waals surface area contributed by atoms with Crippen LogP contribution in [0.25, 0.3) is 5.57 Å². The normalized spacial score (nSPS) is 17.2. The molecule has 132 valence electrons. The summed E-state index contributed by atoms with van der Waals surface area (Å²) < 4.78 is 41.8. The number of alkyl halides is 3. The van der Waals surface area contributed by atoms with Crippen molar-refractivity contribution in [3.05, 3.63) is 34.6 Å². The number of rotatable bonds is 4. The molecule has 0 fully saturated rings. The second-order valence-electron chi connectivity index (χ2n) is 6.33. The average Bonchev–Trinajstić information content (AvgIpc) is 2.64. The highest BCUT2D eigenvalue weighted by atomic mass is 19.4. The molecule has 0 saturated carbocycles. The van der Waals surface area contributed by atoms with Crippen molar-refractivity contribution in [3.63, 3.8) is 0 Å². The predicted molar refractivity (Wildman–Crippen MR) is 83.9 cm³/mol. The molecule has 0 radical (unpaired) electrons. The molecule has 2 N–H and O–H groups in total. The molecule has 2 rings (SSSR count). The van der Waals surface area contributed by atoms with Gasteiger partial charge < -0.3 is 15.2 Å². The summed E-state index contributed by atoms with van der Waals surface area (Å²) in [6.45, 7) is 5.47. The van der Waals surface area contributed by atoms with E-state index in [9.17, 15) is 23.1 Å². The molecule has 1 heterocycles. The molecule has 0 saturated heterocycles. The van der Waals surface area contributed by atoms with E-state index in [4.69, 9.17) is 4.74 Å². The molecular formula is C17H20F3NO3. The zero-order valence-electron chi connectivity index (χ0n) is 14.0. The van der Waals surface area contributed by atoms with E-state index in [1.165, 1.54) is 12.1 Å². The zero-order valence-corrected chi connectivity index (χ0v) is 14.0. The number of halogens is 3. The lowest BCUT2D eigenvalue weighted by atomic mass is 9.91. The van der Waals surface area contributed by atoms with Gasteiger partial charge in [-0.15, -0.1) is 0 Å². The molecule has 0 unspecified atom stereocenters. The van der Waals surface area contributed by atoms with Crippen molar-refractivity contribution >= 4 is 11.5 Å². The highest BCUT2D eigenvalue weighted by molar-refractivity contribution is 6.23. The molecule has 0 atom stereocenters. The number of aryl methyl sites for hydroxylation is 2. The van der Waals surface area contributed by atoms with Gasteiger partial charge in [0.05, 0.1) is 11.1 Å². The number of aliphatic hydroxyl groups excluding tert-OH is 1. The van der Waals surface area contributed by atoms with Gasteiger partial charge in [0.1, 0.15) is 11.5 Å². The molecule has 24 heavy (non-hydrogen) atoms. The molecule has 1 aromatic carbocycles. The van der Waals surface area contributed by atoms with E-state index >= 15 is 0 Å². The molecule has 0 bridgehead atoms. The van der Waals surface area contributed by atoms with Crippen LogP contribution in [0.5, 0.6) is 5.75 Å². The van der Waals surface area contributed by atoms with E-state index in [2.05, 4.69) is 5.32 Å². The Labute approximate surface area is 138 Å². The van der Waals surface area contributed by atoms with Crippen molar-refractivity contribution in [3.8, 4) is 5.75 Å². The molecular weight excluding hydrogens is 323 g/mol. The molecule has 0 aromatic heterocycles. The van der Waals surface area contributed by atoms with Crippen molar-refractivity contribution in [1.29, 1.82) is 0 Å². The van der Waals surface area contributed by atoms with Gasteiger partial charge in [-0.05, 0) is 56.0 Å². The number of aliphatic hydroxyl groups is 1. The minimum absolute atomic E-state index is 0.0748. The standard InChI is InChI=1S/C17H20F3NO3/c1-5-10-7-11(24-8-17(18,19)20)6-9(2)12(10)13-14(22)16(3,4)21-15(13)23/h6-7,22H,5,8H2,1-4H3,(H,21,23). The summed E-state index contributed by atoms with van der Waals surface area (Å²) in [5, 5.41) is 13.1. The molecule has 1 aliphatic rings. The van der Waals surface area contributed by atoms with Gasteiger partial charge in [0.25, 0.3) is 5.91 Å². The number of carbonyl (C=O) groups is 1. The Morgan fingerprint density at radius 1 is 1.29 bits per heavy atom. The van der Waals surface area contributed by atoms with E-state index in [0.29, 0.717) is 23.1 Å².